The molecule has 2 N–H and O–H groups in total. The van der Waals surface area contributed by atoms with E-state index in [9.17, 15) is 4.79 Å². The Morgan fingerprint density at radius 2 is 2.06 bits per heavy atom. The molecule has 98 valence electrons. The largest absolute Gasteiger partial charge is 0.368 e. The van der Waals surface area contributed by atoms with Crippen LogP contribution in [0.4, 0.5) is 11.9 Å². The smallest absolute Gasteiger partial charge is 0.242 e. The molecule has 8 heteroatoms. The molecule has 18 heavy (non-hydrogen) atoms. The maximum absolute atomic E-state index is 11.9. The van der Waals surface area contributed by atoms with E-state index in [0.717, 1.165) is 25.9 Å². The molecule has 0 saturated carbocycles. The van der Waals surface area contributed by atoms with Gasteiger partial charge in [-0.1, -0.05) is 0 Å². The monoisotopic (exact) mass is 270 g/mol. The first kappa shape index (κ1) is 12.8. The van der Waals surface area contributed by atoms with Crippen molar-refractivity contribution in [3.8, 4) is 0 Å². The van der Waals surface area contributed by atoms with Crippen LogP contribution in [0, 0.1) is 0 Å². The molecular formula is C10H15ClN6O. The second-order valence-electron chi connectivity index (χ2n) is 4.21. The van der Waals surface area contributed by atoms with E-state index in [-0.39, 0.29) is 23.7 Å². The standard InChI is InChI=1S/C10H15ClN6O/c1-16(6-7(18)17-4-2-3-5-17)10-14-8(11)13-9(12)15-10/h2-6H2,1H3,(H2,12,13,14,15). The normalized spacial score (nSPS) is 14.9. The third kappa shape index (κ3) is 2.98. The van der Waals surface area contributed by atoms with E-state index in [2.05, 4.69) is 15.0 Å². The van der Waals surface area contributed by atoms with Crippen molar-refractivity contribution in [2.24, 2.45) is 0 Å². The molecule has 0 radical (unpaired) electrons. The molecular weight excluding hydrogens is 256 g/mol. The fourth-order valence-corrected chi connectivity index (χ4v) is 2.03. The molecule has 0 aliphatic carbocycles. The van der Waals surface area contributed by atoms with Gasteiger partial charge in [0.15, 0.2) is 0 Å². The summed E-state index contributed by atoms with van der Waals surface area (Å²) in [6, 6.07) is 0. The molecule has 1 aliphatic rings. The summed E-state index contributed by atoms with van der Waals surface area (Å²) in [6.07, 6.45) is 2.14. The van der Waals surface area contributed by atoms with Gasteiger partial charge in [-0.2, -0.15) is 15.0 Å². The predicted molar refractivity (Wildman–Crippen MR) is 68.3 cm³/mol. The van der Waals surface area contributed by atoms with Crippen molar-refractivity contribution in [2.45, 2.75) is 12.8 Å². The van der Waals surface area contributed by atoms with Crippen molar-refractivity contribution in [1.82, 2.24) is 19.9 Å². The SMILES string of the molecule is CN(CC(=O)N1CCCC1)c1nc(N)nc(Cl)n1. The van der Waals surface area contributed by atoms with Gasteiger partial charge in [0, 0.05) is 20.1 Å². The Labute approximate surface area is 110 Å². The average molecular weight is 271 g/mol. The van der Waals surface area contributed by atoms with Crippen LogP contribution in [0.15, 0.2) is 0 Å². The van der Waals surface area contributed by atoms with Gasteiger partial charge in [0.05, 0.1) is 6.54 Å². The zero-order valence-electron chi connectivity index (χ0n) is 10.1. The van der Waals surface area contributed by atoms with Crippen molar-refractivity contribution >= 4 is 29.4 Å². The molecule has 1 fully saturated rings. The lowest BCUT2D eigenvalue weighted by Crippen LogP contribution is -2.38. The number of likely N-dealkylation sites (tertiary alicyclic amines) is 1. The third-order valence-electron chi connectivity index (χ3n) is 2.79. The van der Waals surface area contributed by atoms with Crippen LogP contribution in [-0.4, -0.2) is 52.4 Å². The summed E-state index contributed by atoms with van der Waals surface area (Å²) in [5.41, 5.74) is 5.48. The van der Waals surface area contributed by atoms with E-state index in [4.69, 9.17) is 17.3 Å². The molecule has 2 heterocycles. The van der Waals surface area contributed by atoms with Crippen LogP contribution in [0.5, 0.6) is 0 Å². The predicted octanol–water partition coefficient (Wildman–Crippen LogP) is 0.166. The van der Waals surface area contributed by atoms with Crippen molar-refractivity contribution in [2.75, 3.05) is 37.3 Å². The van der Waals surface area contributed by atoms with Crippen LogP contribution in [0.1, 0.15) is 12.8 Å². The number of carbonyl (C=O) groups is 1. The molecule has 1 aliphatic heterocycles. The number of halogens is 1. The molecule has 1 aromatic rings. The fourth-order valence-electron chi connectivity index (χ4n) is 1.87. The number of rotatable bonds is 3. The minimum absolute atomic E-state index is 0.0259. The number of carbonyl (C=O) groups excluding carboxylic acids is 1. The minimum atomic E-state index is 0.0259. The molecule has 2 rings (SSSR count). The van der Waals surface area contributed by atoms with Crippen LogP contribution in [0.3, 0.4) is 0 Å². The molecule has 0 unspecified atom stereocenters. The topological polar surface area (TPSA) is 88.2 Å². The second-order valence-corrected chi connectivity index (χ2v) is 4.54. The van der Waals surface area contributed by atoms with Crippen molar-refractivity contribution in [3.05, 3.63) is 5.28 Å². The van der Waals surface area contributed by atoms with Gasteiger partial charge in [-0.15, -0.1) is 0 Å². The molecule has 0 bridgehead atoms. The number of hydrogen-bond donors (Lipinski definition) is 1. The summed E-state index contributed by atoms with van der Waals surface area (Å²) in [5, 5.41) is 0.0259. The van der Waals surface area contributed by atoms with E-state index >= 15 is 0 Å². The summed E-state index contributed by atoms with van der Waals surface area (Å²) in [6.45, 7) is 1.86. The fraction of sp³-hybridized carbons (Fsp3) is 0.600. The highest BCUT2D eigenvalue weighted by atomic mass is 35.5. The summed E-state index contributed by atoms with van der Waals surface area (Å²) in [7, 11) is 1.72. The van der Waals surface area contributed by atoms with Gasteiger partial charge in [-0.25, -0.2) is 0 Å². The zero-order chi connectivity index (χ0) is 13.1. The molecule has 1 aromatic heterocycles. The lowest BCUT2D eigenvalue weighted by molar-refractivity contribution is -0.128. The second kappa shape index (κ2) is 5.34. The molecule has 0 atom stereocenters. The van der Waals surface area contributed by atoms with Gasteiger partial charge in [0.2, 0.25) is 23.1 Å². The summed E-state index contributed by atoms with van der Waals surface area (Å²) in [4.78, 5) is 26.9. The van der Waals surface area contributed by atoms with Crippen LogP contribution in [-0.2, 0) is 4.79 Å². The first-order chi connectivity index (χ1) is 8.56. The van der Waals surface area contributed by atoms with E-state index < -0.39 is 0 Å². The number of nitrogens with two attached hydrogens (primary N) is 1. The van der Waals surface area contributed by atoms with Gasteiger partial charge in [0.1, 0.15) is 0 Å². The number of likely N-dealkylation sites (N-methyl/N-ethyl adjacent to an activating group) is 1. The van der Waals surface area contributed by atoms with Crippen LogP contribution in [0.25, 0.3) is 0 Å². The van der Waals surface area contributed by atoms with Crippen LogP contribution < -0.4 is 10.6 Å². The highest BCUT2D eigenvalue weighted by Gasteiger charge is 2.20. The first-order valence-electron chi connectivity index (χ1n) is 5.72. The molecule has 1 saturated heterocycles. The maximum Gasteiger partial charge on any atom is 0.242 e. The van der Waals surface area contributed by atoms with Crippen LogP contribution >= 0.6 is 11.6 Å². The highest BCUT2D eigenvalue weighted by molar-refractivity contribution is 6.28. The molecule has 7 nitrogen and oxygen atoms in total. The van der Waals surface area contributed by atoms with E-state index in [0.29, 0.717) is 5.95 Å². The van der Waals surface area contributed by atoms with E-state index in [1.807, 2.05) is 4.90 Å². The average Bonchev–Trinajstić information content (AvgIpc) is 2.80. The van der Waals surface area contributed by atoms with E-state index in [1.165, 1.54) is 0 Å². The Bertz CT molecular complexity index is 428. The van der Waals surface area contributed by atoms with Gasteiger partial charge in [-0.05, 0) is 24.4 Å². The first-order valence-corrected chi connectivity index (χ1v) is 6.10. The summed E-state index contributed by atoms with van der Waals surface area (Å²) in [5.74, 6) is 0.413. The minimum Gasteiger partial charge on any atom is -0.368 e. The Kier molecular flexibility index (Phi) is 3.81. The van der Waals surface area contributed by atoms with Gasteiger partial charge >= 0.3 is 0 Å². The molecule has 0 spiro atoms. The van der Waals surface area contributed by atoms with Crippen molar-refractivity contribution in [3.63, 3.8) is 0 Å². The quantitative estimate of drug-likeness (QED) is 0.842. The van der Waals surface area contributed by atoms with E-state index in [1.54, 1.807) is 11.9 Å². The number of amides is 1. The Hall–Kier alpha value is -1.63. The Morgan fingerprint density at radius 3 is 2.67 bits per heavy atom. The number of nitrogen functional groups attached to an aromatic ring is 1. The van der Waals surface area contributed by atoms with Crippen LogP contribution in [0.2, 0.25) is 5.28 Å². The summed E-state index contributed by atoms with van der Waals surface area (Å²) < 4.78 is 0. The number of aromatic nitrogens is 3. The lowest BCUT2D eigenvalue weighted by Gasteiger charge is -2.21. The number of hydrogen-bond acceptors (Lipinski definition) is 6. The Morgan fingerprint density at radius 1 is 1.39 bits per heavy atom. The van der Waals surface area contributed by atoms with Crippen molar-refractivity contribution < 1.29 is 4.79 Å². The summed E-state index contributed by atoms with van der Waals surface area (Å²) >= 11 is 5.69. The lowest BCUT2D eigenvalue weighted by atomic mass is 10.4. The van der Waals surface area contributed by atoms with Gasteiger partial charge in [0.25, 0.3) is 0 Å². The van der Waals surface area contributed by atoms with Gasteiger partial charge in [-0.3, -0.25) is 4.79 Å². The third-order valence-corrected chi connectivity index (χ3v) is 2.96. The zero-order valence-corrected chi connectivity index (χ0v) is 10.9. The Balaban J connectivity index is 2.02. The molecule has 1 amide bonds. The molecule has 0 aromatic carbocycles. The van der Waals surface area contributed by atoms with Gasteiger partial charge < -0.3 is 15.5 Å². The number of anilines is 2. The highest BCUT2D eigenvalue weighted by Crippen LogP contribution is 2.12. The number of nitrogens with zero attached hydrogens (tertiary/aromatic N) is 5. The maximum atomic E-state index is 11.9. The van der Waals surface area contributed by atoms with Crippen molar-refractivity contribution in [1.29, 1.82) is 0 Å².